The van der Waals surface area contributed by atoms with Gasteiger partial charge in [-0.05, 0) is 43.4 Å². The molecule has 0 amide bonds. The Bertz CT molecular complexity index is 353. The monoisotopic (exact) mass is 265 g/mol. The molecule has 0 aromatic heterocycles. The number of aliphatic hydroxyl groups excluding tert-OH is 2. The lowest BCUT2D eigenvalue weighted by Crippen LogP contribution is -2.32. The third-order valence-electron chi connectivity index (χ3n) is 4.05. The minimum Gasteiger partial charge on any atom is -0.396 e. The maximum atomic E-state index is 9.56. The highest BCUT2D eigenvalue weighted by Gasteiger charge is 2.24. The molecule has 0 unspecified atom stereocenters. The van der Waals surface area contributed by atoms with Gasteiger partial charge in [-0.15, -0.1) is 0 Å². The number of nitrogens with one attached hydrogen (secondary N) is 1. The molecule has 0 atom stereocenters. The van der Waals surface area contributed by atoms with Crippen LogP contribution in [-0.4, -0.2) is 30.0 Å². The Hall–Kier alpha value is -1.06. The van der Waals surface area contributed by atoms with Crippen LogP contribution in [0.1, 0.15) is 38.7 Å². The summed E-state index contributed by atoms with van der Waals surface area (Å²) in [5.74, 6) is 0. The van der Waals surface area contributed by atoms with Crippen molar-refractivity contribution in [2.45, 2.75) is 39.5 Å². The van der Waals surface area contributed by atoms with Crippen molar-refractivity contribution in [3.8, 4) is 0 Å². The Balaban J connectivity index is 2.61. The van der Waals surface area contributed by atoms with Crippen molar-refractivity contribution in [2.75, 3.05) is 25.1 Å². The van der Waals surface area contributed by atoms with Gasteiger partial charge in [-0.3, -0.25) is 0 Å². The van der Waals surface area contributed by atoms with E-state index in [4.69, 9.17) is 5.11 Å². The van der Waals surface area contributed by atoms with Crippen molar-refractivity contribution in [2.24, 2.45) is 5.41 Å². The first-order chi connectivity index (χ1) is 9.19. The molecule has 0 radical (unpaired) electrons. The first-order valence-corrected chi connectivity index (χ1v) is 7.24. The summed E-state index contributed by atoms with van der Waals surface area (Å²) < 4.78 is 0. The van der Waals surface area contributed by atoms with Gasteiger partial charge in [0.05, 0.1) is 6.61 Å². The second kappa shape index (κ2) is 8.18. The minimum absolute atomic E-state index is 0.0267. The van der Waals surface area contributed by atoms with Crippen molar-refractivity contribution in [1.82, 2.24) is 0 Å². The topological polar surface area (TPSA) is 52.5 Å². The maximum absolute atomic E-state index is 9.56. The molecule has 0 fully saturated rings. The number of hydrogen-bond donors (Lipinski definition) is 3. The summed E-state index contributed by atoms with van der Waals surface area (Å²) in [7, 11) is 0. The number of aryl methyl sites for hydroxylation is 1. The first kappa shape index (κ1) is 16.0. The zero-order valence-electron chi connectivity index (χ0n) is 12.2. The van der Waals surface area contributed by atoms with Crippen molar-refractivity contribution in [3.63, 3.8) is 0 Å². The molecule has 0 spiro atoms. The lowest BCUT2D eigenvalue weighted by Gasteiger charge is -2.30. The highest BCUT2D eigenvalue weighted by atomic mass is 16.3. The SMILES string of the molecule is CCC(CC)(CO)CNc1cccc(CCCO)c1. The summed E-state index contributed by atoms with van der Waals surface area (Å²) in [6.45, 7) is 5.49. The molecular weight excluding hydrogens is 238 g/mol. The third kappa shape index (κ3) is 4.84. The molecule has 0 aliphatic carbocycles. The fraction of sp³-hybridized carbons (Fsp3) is 0.625. The van der Waals surface area contributed by atoms with Crippen LogP contribution in [0.25, 0.3) is 0 Å². The summed E-state index contributed by atoms with van der Waals surface area (Å²) in [6.07, 6.45) is 3.64. The molecule has 0 heterocycles. The Morgan fingerprint density at radius 2 is 1.89 bits per heavy atom. The van der Waals surface area contributed by atoms with E-state index in [1.165, 1.54) is 5.56 Å². The van der Waals surface area contributed by atoms with Gasteiger partial charge >= 0.3 is 0 Å². The molecule has 0 saturated carbocycles. The predicted molar refractivity (Wildman–Crippen MR) is 80.4 cm³/mol. The smallest absolute Gasteiger partial charge is 0.0504 e. The highest BCUT2D eigenvalue weighted by Crippen LogP contribution is 2.26. The Kier molecular flexibility index (Phi) is 6.89. The van der Waals surface area contributed by atoms with Gasteiger partial charge in [0.1, 0.15) is 0 Å². The minimum atomic E-state index is -0.0267. The third-order valence-corrected chi connectivity index (χ3v) is 4.05. The van der Waals surface area contributed by atoms with Crippen LogP contribution in [0.4, 0.5) is 5.69 Å². The number of hydrogen-bond acceptors (Lipinski definition) is 3. The standard InChI is InChI=1S/C16H27NO2/c1-3-16(4-2,13-19)12-17-15-9-5-7-14(11-15)8-6-10-18/h5,7,9,11,17-19H,3-4,6,8,10,12-13H2,1-2H3. The Morgan fingerprint density at radius 3 is 2.47 bits per heavy atom. The molecule has 1 rings (SSSR count). The average Bonchev–Trinajstić information content (AvgIpc) is 2.47. The predicted octanol–water partition coefficient (Wildman–Crippen LogP) is 2.82. The Morgan fingerprint density at radius 1 is 1.16 bits per heavy atom. The van der Waals surface area contributed by atoms with Gasteiger partial charge in [0.25, 0.3) is 0 Å². The number of aliphatic hydroxyl groups is 2. The van der Waals surface area contributed by atoms with Crippen LogP contribution in [-0.2, 0) is 6.42 Å². The van der Waals surface area contributed by atoms with Crippen LogP contribution in [0.5, 0.6) is 0 Å². The van der Waals surface area contributed by atoms with Crippen LogP contribution in [0.3, 0.4) is 0 Å². The van der Waals surface area contributed by atoms with E-state index in [9.17, 15) is 5.11 Å². The van der Waals surface area contributed by atoms with E-state index in [1.807, 2.05) is 6.07 Å². The summed E-state index contributed by atoms with van der Waals surface area (Å²) in [4.78, 5) is 0. The van der Waals surface area contributed by atoms with E-state index in [0.717, 1.165) is 37.9 Å². The molecule has 0 aliphatic heterocycles. The normalized spacial score (nSPS) is 11.6. The van der Waals surface area contributed by atoms with E-state index in [-0.39, 0.29) is 18.6 Å². The lowest BCUT2D eigenvalue weighted by molar-refractivity contribution is 0.127. The molecule has 108 valence electrons. The second-order valence-corrected chi connectivity index (χ2v) is 5.25. The van der Waals surface area contributed by atoms with Crippen molar-refractivity contribution in [3.05, 3.63) is 29.8 Å². The van der Waals surface area contributed by atoms with Crippen molar-refractivity contribution >= 4 is 5.69 Å². The van der Waals surface area contributed by atoms with E-state index in [0.29, 0.717) is 0 Å². The van der Waals surface area contributed by atoms with E-state index >= 15 is 0 Å². The van der Waals surface area contributed by atoms with Crippen LogP contribution >= 0.6 is 0 Å². The van der Waals surface area contributed by atoms with Crippen molar-refractivity contribution in [1.29, 1.82) is 0 Å². The molecule has 3 nitrogen and oxygen atoms in total. The van der Waals surface area contributed by atoms with Crippen LogP contribution < -0.4 is 5.32 Å². The zero-order valence-corrected chi connectivity index (χ0v) is 12.2. The van der Waals surface area contributed by atoms with Gasteiger partial charge in [-0.25, -0.2) is 0 Å². The molecule has 0 aliphatic rings. The van der Waals surface area contributed by atoms with E-state index in [1.54, 1.807) is 0 Å². The van der Waals surface area contributed by atoms with Gasteiger partial charge in [-0.1, -0.05) is 26.0 Å². The van der Waals surface area contributed by atoms with Crippen LogP contribution in [0.2, 0.25) is 0 Å². The summed E-state index contributed by atoms with van der Waals surface area (Å²) in [5.41, 5.74) is 2.30. The molecule has 0 saturated heterocycles. The quantitative estimate of drug-likeness (QED) is 0.643. The molecule has 19 heavy (non-hydrogen) atoms. The van der Waals surface area contributed by atoms with Gasteiger partial charge < -0.3 is 15.5 Å². The zero-order chi connectivity index (χ0) is 14.1. The Labute approximate surface area is 116 Å². The van der Waals surface area contributed by atoms with Crippen LogP contribution in [0, 0.1) is 5.41 Å². The summed E-state index contributed by atoms with van der Waals surface area (Å²) in [5, 5.41) is 21.8. The van der Waals surface area contributed by atoms with E-state index in [2.05, 4.69) is 37.4 Å². The van der Waals surface area contributed by atoms with Gasteiger partial charge in [0.15, 0.2) is 0 Å². The highest BCUT2D eigenvalue weighted by molar-refractivity contribution is 5.46. The molecule has 3 N–H and O–H groups in total. The maximum Gasteiger partial charge on any atom is 0.0504 e. The fourth-order valence-corrected chi connectivity index (χ4v) is 2.19. The number of benzene rings is 1. The fourth-order valence-electron chi connectivity index (χ4n) is 2.19. The largest absolute Gasteiger partial charge is 0.396 e. The van der Waals surface area contributed by atoms with Gasteiger partial charge in [0, 0.05) is 24.3 Å². The number of rotatable bonds is 9. The van der Waals surface area contributed by atoms with Gasteiger partial charge in [0.2, 0.25) is 0 Å². The lowest BCUT2D eigenvalue weighted by atomic mass is 9.83. The first-order valence-electron chi connectivity index (χ1n) is 7.24. The van der Waals surface area contributed by atoms with Crippen molar-refractivity contribution < 1.29 is 10.2 Å². The average molecular weight is 265 g/mol. The summed E-state index contributed by atoms with van der Waals surface area (Å²) >= 11 is 0. The molecule has 1 aromatic rings. The molecule has 3 heteroatoms. The summed E-state index contributed by atoms with van der Waals surface area (Å²) in [6, 6.07) is 8.30. The molecule has 1 aromatic carbocycles. The second-order valence-electron chi connectivity index (χ2n) is 5.25. The van der Waals surface area contributed by atoms with E-state index < -0.39 is 0 Å². The van der Waals surface area contributed by atoms with Crippen LogP contribution in [0.15, 0.2) is 24.3 Å². The number of anilines is 1. The molecular formula is C16H27NO2. The van der Waals surface area contributed by atoms with Gasteiger partial charge in [-0.2, -0.15) is 0 Å². The molecule has 0 bridgehead atoms.